The summed E-state index contributed by atoms with van der Waals surface area (Å²) in [7, 11) is 1.55. The molecule has 0 fully saturated rings. The van der Waals surface area contributed by atoms with E-state index < -0.39 is 5.97 Å². The molecule has 8 heteroatoms. The van der Waals surface area contributed by atoms with Crippen LogP contribution < -0.4 is 5.32 Å². The van der Waals surface area contributed by atoms with Gasteiger partial charge in [-0.3, -0.25) is 4.79 Å². The number of nitrogens with zero attached hydrogens (tertiary/aromatic N) is 3. The Balaban J connectivity index is 2.60. The van der Waals surface area contributed by atoms with Gasteiger partial charge in [-0.05, 0) is 6.92 Å². The minimum absolute atomic E-state index is 0.0166. The SMILES string of the molecule is C=CCOC(=O)c1nnn(CC(=O)NCCOC)c1C. The van der Waals surface area contributed by atoms with Gasteiger partial charge >= 0.3 is 5.97 Å². The molecule has 1 heterocycles. The predicted octanol–water partition coefficient (Wildman–Crippen LogP) is -0.308. The molecule has 1 N–H and O–H groups in total. The number of methoxy groups -OCH3 is 1. The zero-order chi connectivity index (χ0) is 15.0. The molecule has 0 saturated heterocycles. The lowest BCUT2D eigenvalue weighted by molar-refractivity contribution is -0.122. The third-order valence-electron chi connectivity index (χ3n) is 2.43. The quantitative estimate of drug-likeness (QED) is 0.399. The maximum absolute atomic E-state index is 11.6. The van der Waals surface area contributed by atoms with E-state index in [0.717, 1.165) is 0 Å². The predicted molar refractivity (Wildman–Crippen MR) is 70.1 cm³/mol. The Morgan fingerprint density at radius 3 is 2.90 bits per heavy atom. The second-order valence-corrected chi connectivity index (χ2v) is 3.91. The van der Waals surface area contributed by atoms with Crippen molar-refractivity contribution >= 4 is 11.9 Å². The number of hydrogen-bond acceptors (Lipinski definition) is 6. The molecule has 1 aromatic rings. The van der Waals surface area contributed by atoms with E-state index in [1.807, 2.05) is 0 Å². The highest BCUT2D eigenvalue weighted by molar-refractivity contribution is 5.88. The van der Waals surface area contributed by atoms with Crippen molar-refractivity contribution < 1.29 is 19.1 Å². The van der Waals surface area contributed by atoms with Gasteiger partial charge in [0.25, 0.3) is 0 Å². The van der Waals surface area contributed by atoms with Gasteiger partial charge in [0.2, 0.25) is 5.91 Å². The van der Waals surface area contributed by atoms with Crippen molar-refractivity contribution in [2.75, 3.05) is 26.9 Å². The van der Waals surface area contributed by atoms with E-state index in [9.17, 15) is 9.59 Å². The normalized spacial score (nSPS) is 10.1. The second-order valence-electron chi connectivity index (χ2n) is 3.91. The molecule has 0 bridgehead atoms. The van der Waals surface area contributed by atoms with Crippen LogP contribution in [-0.2, 0) is 20.8 Å². The molecular weight excluding hydrogens is 264 g/mol. The molecule has 110 valence electrons. The third-order valence-corrected chi connectivity index (χ3v) is 2.43. The maximum Gasteiger partial charge on any atom is 0.361 e. The largest absolute Gasteiger partial charge is 0.457 e. The summed E-state index contributed by atoms with van der Waals surface area (Å²) >= 11 is 0. The standard InChI is InChI=1S/C12H18N4O4/c1-4-6-20-12(18)11-9(2)16(15-14-11)8-10(17)13-5-7-19-3/h4H,1,5-8H2,2-3H3,(H,13,17). The van der Waals surface area contributed by atoms with Crippen LogP contribution in [0, 0.1) is 6.92 Å². The molecule has 0 aliphatic rings. The Hall–Kier alpha value is -2.22. The van der Waals surface area contributed by atoms with Gasteiger partial charge in [0, 0.05) is 13.7 Å². The van der Waals surface area contributed by atoms with Gasteiger partial charge in [0.1, 0.15) is 13.2 Å². The van der Waals surface area contributed by atoms with E-state index in [2.05, 4.69) is 22.2 Å². The number of hydrogen-bond donors (Lipinski definition) is 1. The summed E-state index contributed by atoms with van der Waals surface area (Å²) in [5, 5.41) is 10.1. The van der Waals surface area contributed by atoms with E-state index in [0.29, 0.717) is 18.8 Å². The summed E-state index contributed by atoms with van der Waals surface area (Å²) in [5.41, 5.74) is 0.567. The Labute approximate surface area is 116 Å². The molecule has 20 heavy (non-hydrogen) atoms. The molecule has 1 rings (SSSR count). The molecule has 0 atom stereocenters. The molecule has 1 aromatic heterocycles. The van der Waals surface area contributed by atoms with Crippen LogP contribution in [0.3, 0.4) is 0 Å². The second kappa shape index (κ2) is 8.05. The summed E-state index contributed by atoms with van der Waals surface area (Å²) < 4.78 is 11.0. The van der Waals surface area contributed by atoms with Crippen LogP contribution >= 0.6 is 0 Å². The summed E-state index contributed by atoms with van der Waals surface area (Å²) in [6, 6.07) is 0. The molecule has 1 amide bonds. The van der Waals surface area contributed by atoms with Crippen LogP contribution in [0.4, 0.5) is 0 Å². The number of amides is 1. The third kappa shape index (κ3) is 4.47. The fourth-order valence-corrected chi connectivity index (χ4v) is 1.39. The highest BCUT2D eigenvalue weighted by Gasteiger charge is 2.18. The van der Waals surface area contributed by atoms with Gasteiger partial charge in [-0.1, -0.05) is 17.9 Å². The molecule has 0 aromatic carbocycles. The van der Waals surface area contributed by atoms with Gasteiger partial charge in [-0.25, -0.2) is 9.48 Å². The summed E-state index contributed by atoms with van der Waals surface area (Å²) in [4.78, 5) is 23.2. The molecule has 0 radical (unpaired) electrons. The van der Waals surface area contributed by atoms with Gasteiger partial charge in [-0.15, -0.1) is 5.10 Å². The lowest BCUT2D eigenvalue weighted by Crippen LogP contribution is -2.31. The van der Waals surface area contributed by atoms with Crippen molar-refractivity contribution in [1.29, 1.82) is 0 Å². The van der Waals surface area contributed by atoms with Crippen molar-refractivity contribution in [3.8, 4) is 0 Å². The van der Waals surface area contributed by atoms with E-state index in [1.165, 1.54) is 10.8 Å². The number of rotatable bonds is 8. The molecule has 8 nitrogen and oxygen atoms in total. The first-order valence-corrected chi connectivity index (χ1v) is 6.04. The number of carbonyl (C=O) groups excluding carboxylic acids is 2. The number of carbonyl (C=O) groups is 2. The first-order chi connectivity index (χ1) is 9.60. The number of aromatic nitrogens is 3. The fourth-order valence-electron chi connectivity index (χ4n) is 1.39. The number of esters is 1. The number of nitrogens with one attached hydrogen (secondary N) is 1. The Morgan fingerprint density at radius 1 is 1.50 bits per heavy atom. The van der Waals surface area contributed by atoms with Crippen molar-refractivity contribution in [2.24, 2.45) is 0 Å². The van der Waals surface area contributed by atoms with E-state index in [4.69, 9.17) is 9.47 Å². The van der Waals surface area contributed by atoms with E-state index in [-0.39, 0.29) is 24.8 Å². The van der Waals surface area contributed by atoms with Crippen molar-refractivity contribution in [1.82, 2.24) is 20.3 Å². The smallest absolute Gasteiger partial charge is 0.361 e. The highest BCUT2D eigenvalue weighted by Crippen LogP contribution is 2.05. The average molecular weight is 282 g/mol. The van der Waals surface area contributed by atoms with Gasteiger partial charge < -0.3 is 14.8 Å². The zero-order valence-corrected chi connectivity index (χ0v) is 11.6. The number of ether oxygens (including phenoxy) is 2. The van der Waals surface area contributed by atoms with E-state index in [1.54, 1.807) is 14.0 Å². The first-order valence-electron chi connectivity index (χ1n) is 6.04. The van der Waals surface area contributed by atoms with Crippen LogP contribution in [0.25, 0.3) is 0 Å². The van der Waals surface area contributed by atoms with Gasteiger partial charge in [0.05, 0.1) is 12.3 Å². The molecule has 0 saturated carbocycles. The van der Waals surface area contributed by atoms with Crippen LogP contribution in [0.2, 0.25) is 0 Å². The highest BCUT2D eigenvalue weighted by atomic mass is 16.5. The topological polar surface area (TPSA) is 95.3 Å². The zero-order valence-electron chi connectivity index (χ0n) is 11.6. The van der Waals surface area contributed by atoms with Crippen molar-refractivity contribution in [2.45, 2.75) is 13.5 Å². The minimum atomic E-state index is -0.589. The molecule has 0 unspecified atom stereocenters. The van der Waals surface area contributed by atoms with E-state index >= 15 is 0 Å². The Kier molecular flexibility index (Phi) is 6.38. The van der Waals surface area contributed by atoms with Crippen LogP contribution in [0.15, 0.2) is 12.7 Å². The lowest BCUT2D eigenvalue weighted by Gasteiger charge is -2.05. The van der Waals surface area contributed by atoms with Crippen LogP contribution in [-0.4, -0.2) is 53.7 Å². The average Bonchev–Trinajstić information content (AvgIpc) is 2.78. The van der Waals surface area contributed by atoms with Crippen molar-refractivity contribution in [3.63, 3.8) is 0 Å². The molecule has 0 aliphatic carbocycles. The summed E-state index contributed by atoms with van der Waals surface area (Å²) in [6.45, 7) is 6.02. The Morgan fingerprint density at radius 2 is 2.25 bits per heavy atom. The van der Waals surface area contributed by atoms with Crippen molar-refractivity contribution in [3.05, 3.63) is 24.0 Å². The first kappa shape index (κ1) is 15.8. The van der Waals surface area contributed by atoms with Crippen LogP contribution in [0.1, 0.15) is 16.2 Å². The fraction of sp³-hybridized carbons (Fsp3) is 0.500. The minimum Gasteiger partial charge on any atom is -0.457 e. The Bertz CT molecular complexity index is 484. The lowest BCUT2D eigenvalue weighted by atomic mass is 10.3. The molecular formula is C12H18N4O4. The summed E-state index contributed by atoms with van der Waals surface area (Å²) in [5.74, 6) is -0.825. The van der Waals surface area contributed by atoms with Crippen LogP contribution in [0.5, 0.6) is 0 Å². The van der Waals surface area contributed by atoms with Gasteiger partial charge in [0.15, 0.2) is 5.69 Å². The molecule has 0 aliphatic heterocycles. The molecule has 0 spiro atoms. The summed E-state index contributed by atoms with van der Waals surface area (Å²) in [6.07, 6.45) is 1.46. The monoisotopic (exact) mass is 282 g/mol. The van der Waals surface area contributed by atoms with Gasteiger partial charge in [-0.2, -0.15) is 0 Å². The maximum atomic E-state index is 11.6.